The maximum Gasteiger partial charge on any atom is 0.253 e. The molecule has 31 heavy (non-hydrogen) atoms. The van der Waals surface area contributed by atoms with Crippen LogP contribution in [0.25, 0.3) is 0 Å². The second-order valence-electron chi connectivity index (χ2n) is 7.35. The second-order valence-corrected chi connectivity index (χ2v) is 8.11. The van der Waals surface area contributed by atoms with Gasteiger partial charge in [-0.15, -0.1) is 12.4 Å². The Kier molecular flexibility index (Phi) is 10.2. The van der Waals surface area contributed by atoms with E-state index in [0.717, 1.165) is 49.9 Å². The standard InChI is InChI=1S/C23H28ClN3O2S.ClH/c1-2-27(22(28)17-30)21-9-5-19(6-10-21)23(29)26-15-13-25(14-16-26)12-11-18-3-7-20(24)8-4-18;/h3-10,30H,2,11-17H2,1H3;1H. The summed E-state index contributed by atoms with van der Waals surface area (Å²) in [4.78, 5) is 30.8. The lowest BCUT2D eigenvalue weighted by Gasteiger charge is -2.35. The molecule has 0 radical (unpaired) electrons. The largest absolute Gasteiger partial charge is 0.336 e. The molecular weight excluding hydrogens is 453 g/mol. The molecule has 0 aromatic heterocycles. The summed E-state index contributed by atoms with van der Waals surface area (Å²) in [5.74, 6) is 0.161. The van der Waals surface area contributed by atoms with Crippen molar-refractivity contribution in [1.82, 2.24) is 9.80 Å². The number of thiol groups is 1. The first-order chi connectivity index (χ1) is 14.5. The first-order valence-electron chi connectivity index (χ1n) is 10.3. The van der Waals surface area contributed by atoms with Gasteiger partial charge in [0.1, 0.15) is 0 Å². The second kappa shape index (κ2) is 12.3. The molecule has 1 aliphatic rings. The summed E-state index contributed by atoms with van der Waals surface area (Å²) in [6, 6.07) is 15.3. The minimum absolute atomic E-state index is 0. The maximum atomic E-state index is 12.9. The van der Waals surface area contributed by atoms with Crippen LogP contribution in [0.4, 0.5) is 5.69 Å². The summed E-state index contributed by atoms with van der Waals surface area (Å²) in [6.45, 7) is 6.66. The van der Waals surface area contributed by atoms with E-state index in [4.69, 9.17) is 11.6 Å². The number of carbonyl (C=O) groups is 2. The van der Waals surface area contributed by atoms with Crippen molar-refractivity contribution in [1.29, 1.82) is 0 Å². The zero-order chi connectivity index (χ0) is 21.5. The van der Waals surface area contributed by atoms with Gasteiger partial charge in [0.25, 0.3) is 5.91 Å². The van der Waals surface area contributed by atoms with Crippen LogP contribution >= 0.6 is 36.6 Å². The summed E-state index contributed by atoms with van der Waals surface area (Å²) < 4.78 is 0. The Balaban J connectivity index is 0.00000341. The average molecular weight is 482 g/mol. The van der Waals surface area contributed by atoms with Gasteiger partial charge in [-0.25, -0.2) is 0 Å². The summed E-state index contributed by atoms with van der Waals surface area (Å²) in [5.41, 5.74) is 2.72. The summed E-state index contributed by atoms with van der Waals surface area (Å²) in [5, 5.41) is 0.759. The molecule has 0 unspecified atom stereocenters. The van der Waals surface area contributed by atoms with Gasteiger partial charge in [0.2, 0.25) is 5.91 Å². The monoisotopic (exact) mass is 481 g/mol. The Morgan fingerprint density at radius 1 is 1.00 bits per heavy atom. The highest BCUT2D eigenvalue weighted by atomic mass is 35.5. The number of amides is 2. The molecule has 0 saturated carbocycles. The lowest BCUT2D eigenvalue weighted by molar-refractivity contribution is -0.116. The first-order valence-corrected chi connectivity index (χ1v) is 11.3. The highest BCUT2D eigenvalue weighted by molar-refractivity contribution is 7.81. The number of hydrogen-bond acceptors (Lipinski definition) is 4. The lowest BCUT2D eigenvalue weighted by Crippen LogP contribution is -2.49. The van der Waals surface area contributed by atoms with Crippen molar-refractivity contribution in [2.45, 2.75) is 13.3 Å². The van der Waals surface area contributed by atoms with Gasteiger partial charge in [-0.3, -0.25) is 14.5 Å². The molecule has 3 rings (SSSR count). The number of nitrogens with zero attached hydrogens (tertiary/aromatic N) is 3. The molecule has 1 fully saturated rings. The zero-order valence-electron chi connectivity index (χ0n) is 17.7. The van der Waals surface area contributed by atoms with E-state index in [9.17, 15) is 9.59 Å². The molecule has 0 atom stereocenters. The predicted octanol–water partition coefficient (Wildman–Crippen LogP) is 4.05. The van der Waals surface area contributed by atoms with Crippen molar-refractivity contribution in [2.24, 2.45) is 0 Å². The van der Waals surface area contributed by atoms with Crippen molar-refractivity contribution in [3.05, 3.63) is 64.7 Å². The van der Waals surface area contributed by atoms with Crippen LogP contribution in [0, 0.1) is 0 Å². The van der Waals surface area contributed by atoms with Crippen molar-refractivity contribution >= 4 is 54.1 Å². The minimum Gasteiger partial charge on any atom is -0.336 e. The van der Waals surface area contributed by atoms with Crippen molar-refractivity contribution < 1.29 is 9.59 Å². The van der Waals surface area contributed by atoms with E-state index in [0.29, 0.717) is 12.1 Å². The van der Waals surface area contributed by atoms with E-state index < -0.39 is 0 Å². The molecule has 168 valence electrons. The highest BCUT2D eigenvalue weighted by Gasteiger charge is 2.22. The molecule has 8 heteroatoms. The van der Waals surface area contributed by atoms with Crippen LogP contribution in [0.2, 0.25) is 5.02 Å². The van der Waals surface area contributed by atoms with Gasteiger partial charge in [-0.05, 0) is 55.3 Å². The topological polar surface area (TPSA) is 43.9 Å². The van der Waals surface area contributed by atoms with Crippen LogP contribution < -0.4 is 4.90 Å². The van der Waals surface area contributed by atoms with Crippen LogP contribution in [0.1, 0.15) is 22.8 Å². The summed E-state index contributed by atoms with van der Waals surface area (Å²) >= 11 is 10.0. The predicted molar refractivity (Wildman–Crippen MR) is 133 cm³/mol. The van der Waals surface area contributed by atoms with Crippen LogP contribution in [0.3, 0.4) is 0 Å². The number of carbonyl (C=O) groups excluding carboxylic acids is 2. The van der Waals surface area contributed by atoms with Gasteiger partial charge < -0.3 is 9.80 Å². The van der Waals surface area contributed by atoms with Crippen LogP contribution in [-0.4, -0.2) is 66.6 Å². The van der Waals surface area contributed by atoms with Gasteiger partial charge in [0.15, 0.2) is 0 Å². The van der Waals surface area contributed by atoms with E-state index in [-0.39, 0.29) is 30.0 Å². The third-order valence-corrected chi connectivity index (χ3v) is 5.99. The lowest BCUT2D eigenvalue weighted by atomic mass is 10.1. The molecule has 2 amide bonds. The fourth-order valence-corrected chi connectivity index (χ4v) is 3.96. The maximum absolute atomic E-state index is 12.9. The Hall–Kier alpha value is -1.73. The summed E-state index contributed by atoms with van der Waals surface area (Å²) in [6.07, 6.45) is 0.978. The molecule has 0 aliphatic carbocycles. The summed E-state index contributed by atoms with van der Waals surface area (Å²) in [7, 11) is 0. The zero-order valence-corrected chi connectivity index (χ0v) is 20.1. The molecule has 0 bridgehead atoms. The van der Waals surface area contributed by atoms with Crippen molar-refractivity contribution in [3.63, 3.8) is 0 Å². The number of hydrogen-bond donors (Lipinski definition) is 1. The molecule has 0 spiro atoms. The quantitative estimate of drug-likeness (QED) is 0.606. The molecule has 2 aromatic rings. The third-order valence-electron chi connectivity index (χ3n) is 5.47. The van der Waals surface area contributed by atoms with Gasteiger partial charge in [-0.1, -0.05) is 23.7 Å². The van der Waals surface area contributed by atoms with E-state index in [2.05, 4.69) is 29.7 Å². The molecule has 1 aliphatic heterocycles. The van der Waals surface area contributed by atoms with E-state index >= 15 is 0 Å². The Labute approximate surface area is 201 Å². The molecule has 0 N–H and O–H groups in total. The number of halogens is 2. The van der Waals surface area contributed by atoms with E-state index in [1.54, 1.807) is 17.0 Å². The number of anilines is 1. The minimum atomic E-state index is -0.0466. The average Bonchev–Trinajstić information content (AvgIpc) is 2.79. The smallest absolute Gasteiger partial charge is 0.253 e. The van der Waals surface area contributed by atoms with Crippen LogP contribution in [0.5, 0.6) is 0 Å². The van der Waals surface area contributed by atoms with Gasteiger partial charge in [-0.2, -0.15) is 12.6 Å². The Morgan fingerprint density at radius 2 is 1.61 bits per heavy atom. The fourth-order valence-electron chi connectivity index (χ4n) is 3.67. The Morgan fingerprint density at radius 3 is 2.16 bits per heavy atom. The van der Waals surface area contributed by atoms with Crippen LogP contribution in [0.15, 0.2) is 48.5 Å². The molecule has 1 heterocycles. The number of piperazine rings is 1. The normalized spacial score (nSPS) is 14.1. The SMILES string of the molecule is CCN(C(=O)CS)c1ccc(C(=O)N2CCN(CCc3ccc(Cl)cc3)CC2)cc1.Cl. The van der Waals surface area contributed by atoms with Crippen molar-refractivity contribution in [3.8, 4) is 0 Å². The van der Waals surface area contributed by atoms with Gasteiger partial charge >= 0.3 is 0 Å². The molecule has 1 saturated heterocycles. The first kappa shape index (κ1) is 25.5. The van der Waals surface area contributed by atoms with E-state index in [1.807, 2.05) is 36.1 Å². The van der Waals surface area contributed by atoms with E-state index in [1.165, 1.54) is 5.56 Å². The van der Waals surface area contributed by atoms with Crippen LogP contribution in [-0.2, 0) is 11.2 Å². The molecular formula is C23H29Cl2N3O2S. The fraction of sp³-hybridized carbons (Fsp3) is 0.391. The molecule has 5 nitrogen and oxygen atoms in total. The molecule has 2 aromatic carbocycles. The Bertz CT molecular complexity index is 854. The van der Waals surface area contributed by atoms with Gasteiger partial charge in [0.05, 0.1) is 5.75 Å². The number of benzene rings is 2. The van der Waals surface area contributed by atoms with Gasteiger partial charge in [0, 0.05) is 55.5 Å². The highest BCUT2D eigenvalue weighted by Crippen LogP contribution is 2.18. The third kappa shape index (κ3) is 6.88. The number of rotatable bonds is 7. The van der Waals surface area contributed by atoms with Crippen molar-refractivity contribution in [2.75, 3.05) is 49.9 Å².